The highest BCUT2D eigenvalue weighted by Gasteiger charge is 2.42. The van der Waals surface area contributed by atoms with Crippen LogP contribution >= 0.6 is 11.3 Å². The van der Waals surface area contributed by atoms with E-state index in [9.17, 15) is 9.59 Å². The smallest absolute Gasteiger partial charge is 0.329 e. The molecule has 3 rings (SSSR count). The van der Waals surface area contributed by atoms with Gasteiger partial charge in [0.2, 0.25) is 11.4 Å². The molecule has 29 heavy (non-hydrogen) atoms. The number of aromatic nitrogens is 2. The van der Waals surface area contributed by atoms with Crippen LogP contribution < -0.4 is 4.90 Å². The second kappa shape index (κ2) is 10.5. The highest BCUT2D eigenvalue weighted by Crippen LogP contribution is 2.37. The molecule has 0 aromatic carbocycles. The Hall–Kier alpha value is -2.22. The van der Waals surface area contributed by atoms with E-state index in [4.69, 9.17) is 4.74 Å². The third-order valence-corrected chi connectivity index (χ3v) is 6.49. The van der Waals surface area contributed by atoms with Crippen LogP contribution in [0.3, 0.4) is 0 Å². The van der Waals surface area contributed by atoms with Crippen molar-refractivity contribution in [3.8, 4) is 0 Å². The van der Waals surface area contributed by atoms with Crippen LogP contribution in [0.15, 0.2) is 25.3 Å². The van der Waals surface area contributed by atoms with Crippen LogP contribution in [0.4, 0.5) is 9.93 Å². The van der Waals surface area contributed by atoms with Crippen LogP contribution in [0.1, 0.15) is 68.7 Å². The van der Waals surface area contributed by atoms with Crippen molar-refractivity contribution < 1.29 is 14.3 Å². The van der Waals surface area contributed by atoms with Crippen molar-refractivity contribution in [2.45, 2.75) is 69.9 Å². The maximum Gasteiger partial charge on any atom is 0.329 e. The van der Waals surface area contributed by atoms with E-state index in [1.54, 1.807) is 17.1 Å². The molecule has 1 saturated heterocycles. The third kappa shape index (κ3) is 5.44. The molecule has 158 valence electrons. The van der Waals surface area contributed by atoms with E-state index in [-0.39, 0.29) is 18.4 Å². The lowest BCUT2D eigenvalue weighted by molar-refractivity contribution is -0.148. The maximum absolute atomic E-state index is 13.0. The Bertz CT molecular complexity index is 727. The largest absolute Gasteiger partial charge is 0.439 e. The summed E-state index contributed by atoms with van der Waals surface area (Å²) in [7, 11) is 0. The number of amides is 2. The molecule has 0 spiro atoms. The van der Waals surface area contributed by atoms with Gasteiger partial charge in [0.15, 0.2) is 0 Å². The topological polar surface area (TPSA) is 75.6 Å². The maximum atomic E-state index is 13.0. The highest BCUT2D eigenvalue weighted by atomic mass is 32.1. The quantitative estimate of drug-likeness (QED) is 0.332. The zero-order chi connectivity index (χ0) is 20.6. The number of allylic oxidation sites excluding steroid dienone is 1. The molecule has 1 atom stereocenters. The number of anilines is 1. The number of ether oxygens (including phenoxy) is 1. The zero-order valence-corrected chi connectivity index (χ0v) is 17.7. The molecular formula is C21H30N4O3S. The Morgan fingerprint density at radius 1 is 1.14 bits per heavy atom. The number of hydrogen-bond donors (Lipinski definition) is 0. The first-order valence-corrected chi connectivity index (χ1v) is 11.3. The molecule has 8 heteroatoms. The summed E-state index contributed by atoms with van der Waals surface area (Å²) in [5.74, 6) is 0.0682. The lowest BCUT2D eigenvalue weighted by atomic mass is 10.0. The Kier molecular flexibility index (Phi) is 7.80. The number of urea groups is 1. The van der Waals surface area contributed by atoms with E-state index in [1.165, 1.54) is 41.9 Å². The molecular weight excluding hydrogens is 388 g/mol. The minimum atomic E-state index is -0.681. The van der Waals surface area contributed by atoms with Gasteiger partial charge in [-0.2, -0.15) is 0 Å². The molecule has 1 unspecified atom stereocenters. The fourth-order valence-corrected chi connectivity index (χ4v) is 4.85. The van der Waals surface area contributed by atoms with E-state index >= 15 is 0 Å². The fraction of sp³-hybridized carbons (Fsp3) is 0.619. The first-order chi connectivity index (χ1) is 14.1. The number of nitrogens with zero attached hydrogens (tertiary/aromatic N) is 4. The number of carbonyl (C=O) groups is 2. The molecule has 0 bridgehead atoms. The molecule has 1 saturated carbocycles. The highest BCUT2D eigenvalue weighted by molar-refractivity contribution is 7.15. The van der Waals surface area contributed by atoms with Crippen molar-refractivity contribution in [1.29, 1.82) is 0 Å². The average molecular weight is 419 g/mol. The minimum absolute atomic E-state index is 0.197. The van der Waals surface area contributed by atoms with E-state index in [1.807, 2.05) is 0 Å². The molecule has 7 nitrogen and oxygen atoms in total. The van der Waals surface area contributed by atoms with Crippen molar-refractivity contribution >= 4 is 28.5 Å². The van der Waals surface area contributed by atoms with Crippen molar-refractivity contribution in [2.24, 2.45) is 0 Å². The first kappa shape index (κ1) is 21.5. The van der Waals surface area contributed by atoms with Gasteiger partial charge in [0.1, 0.15) is 5.01 Å². The summed E-state index contributed by atoms with van der Waals surface area (Å²) < 4.78 is 5.63. The molecule has 1 aromatic rings. The van der Waals surface area contributed by atoms with E-state index < -0.39 is 6.23 Å². The molecule has 0 N–H and O–H groups in total. The minimum Gasteiger partial charge on any atom is -0.439 e. The second-order valence-corrected chi connectivity index (χ2v) is 8.55. The van der Waals surface area contributed by atoms with Gasteiger partial charge < -0.3 is 9.64 Å². The molecule has 2 amide bonds. The predicted molar refractivity (Wildman–Crippen MR) is 114 cm³/mol. The van der Waals surface area contributed by atoms with Gasteiger partial charge in [-0.3, -0.25) is 4.79 Å². The Balaban J connectivity index is 1.76. The van der Waals surface area contributed by atoms with E-state index in [0.717, 1.165) is 17.8 Å². The number of rotatable bonds is 9. The first-order valence-electron chi connectivity index (χ1n) is 10.5. The monoisotopic (exact) mass is 418 g/mol. The second-order valence-electron chi connectivity index (χ2n) is 7.56. The van der Waals surface area contributed by atoms with Gasteiger partial charge in [0.05, 0.1) is 6.54 Å². The number of carbonyl (C=O) groups excluding carboxylic acids is 2. The summed E-state index contributed by atoms with van der Waals surface area (Å²) in [5, 5.41) is 10.2. The molecule has 0 radical (unpaired) electrons. The summed E-state index contributed by atoms with van der Waals surface area (Å²) in [6.07, 6.45) is 11.4. The molecule has 2 aliphatic rings. The molecule has 1 aliphatic heterocycles. The van der Waals surface area contributed by atoms with Crippen molar-refractivity contribution in [2.75, 3.05) is 18.0 Å². The van der Waals surface area contributed by atoms with Crippen LogP contribution in [0, 0.1) is 0 Å². The number of hydrogen-bond acceptors (Lipinski definition) is 6. The van der Waals surface area contributed by atoms with Crippen LogP contribution in [-0.4, -0.2) is 46.4 Å². The Morgan fingerprint density at radius 3 is 2.55 bits per heavy atom. The summed E-state index contributed by atoms with van der Waals surface area (Å²) in [6.45, 7) is 8.21. The van der Waals surface area contributed by atoms with Gasteiger partial charge in [0.25, 0.3) is 0 Å². The number of esters is 1. The van der Waals surface area contributed by atoms with Gasteiger partial charge in [-0.25, -0.2) is 9.69 Å². The fourth-order valence-electron chi connectivity index (χ4n) is 3.80. The van der Waals surface area contributed by atoms with Gasteiger partial charge in [-0.15, -0.1) is 23.4 Å². The summed E-state index contributed by atoms with van der Waals surface area (Å²) in [6, 6.07) is -0.197. The molecule has 1 aromatic heterocycles. The van der Waals surface area contributed by atoms with Crippen molar-refractivity contribution in [1.82, 2.24) is 15.1 Å². The van der Waals surface area contributed by atoms with Gasteiger partial charge in [0, 0.05) is 18.9 Å². The van der Waals surface area contributed by atoms with E-state index in [2.05, 4.69) is 23.4 Å². The SMILES string of the molecule is C=CCCC(=O)OC1CN(CCC=C)C(=O)N1c1nnc(C2CCCCCC2)s1. The molecule has 1 aliphatic carbocycles. The van der Waals surface area contributed by atoms with Crippen LogP contribution in [0.25, 0.3) is 0 Å². The van der Waals surface area contributed by atoms with Crippen LogP contribution in [-0.2, 0) is 9.53 Å². The molecule has 2 heterocycles. The summed E-state index contributed by atoms with van der Waals surface area (Å²) in [5.41, 5.74) is 0. The predicted octanol–water partition coefficient (Wildman–Crippen LogP) is 4.63. The third-order valence-electron chi connectivity index (χ3n) is 5.40. The van der Waals surface area contributed by atoms with Gasteiger partial charge in [-0.1, -0.05) is 49.2 Å². The van der Waals surface area contributed by atoms with Crippen molar-refractivity contribution in [3.05, 3.63) is 30.3 Å². The zero-order valence-electron chi connectivity index (χ0n) is 16.9. The Labute approximate surface area is 176 Å². The van der Waals surface area contributed by atoms with Crippen LogP contribution in [0.2, 0.25) is 0 Å². The van der Waals surface area contributed by atoms with Crippen molar-refractivity contribution in [3.63, 3.8) is 0 Å². The van der Waals surface area contributed by atoms with Gasteiger partial charge in [-0.05, 0) is 25.7 Å². The molecule has 2 fully saturated rings. The normalized spacial score (nSPS) is 20.6. The average Bonchev–Trinajstić information content (AvgIpc) is 3.19. The van der Waals surface area contributed by atoms with Crippen LogP contribution in [0.5, 0.6) is 0 Å². The lowest BCUT2D eigenvalue weighted by Gasteiger charge is -2.19. The lowest BCUT2D eigenvalue weighted by Crippen LogP contribution is -2.37. The Morgan fingerprint density at radius 2 is 1.86 bits per heavy atom. The summed E-state index contributed by atoms with van der Waals surface area (Å²) >= 11 is 1.45. The standard InChI is InChI=1S/C21H30N4O3S/c1-3-5-13-18(26)28-17-15-24(14-6-4-2)21(27)25(17)20-23-22-19(29-20)16-11-9-7-8-10-12-16/h3-4,16-17H,1-2,5-15H2. The van der Waals surface area contributed by atoms with E-state index in [0.29, 0.717) is 37.0 Å². The summed E-state index contributed by atoms with van der Waals surface area (Å²) in [4.78, 5) is 28.4. The van der Waals surface area contributed by atoms with Gasteiger partial charge >= 0.3 is 12.0 Å².